The summed E-state index contributed by atoms with van der Waals surface area (Å²) in [5.74, 6) is -0.402. The lowest BCUT2D eigenvalue weighted by Crippen LogP contribution is -2.06. The van der Waals surface area contributed by atoms with Crippen LogP contribution in [0.15, 0.2) is 15.0 Å². The standard InChI is InChI=1S/C11H12Br2O4/c1-3-16-9-6(11(14)15)5-7(12)8(13)10(9)17-4-2/h5H,3-4H2,1-2H3,(H,14,15). The van der Waals surface area contributed by atoms with Gasteiger partial charge in [-0.15, -0.1) is 0 Å². The fourth-order valence-corrected chi connectivity index (χ4v) is 2.12. The second-order valence-electron chi connectivity index (χ2n) is 3.05. The molecule has 94 valence electrons. The van der Waals surface area contributed by atoms with Crippen LogP contribution in [-0.2, 0) is 0 Å². The number of ether oxygens (including phenoxy) is 2. The van der Waals surface area contributed by atoms with Crippen molar-refractivity contribution in [3.8, 4) is 11.5 Å². The summed E-state index contributed by atoms with van der Waals surface area (Å²) in [5, 5.41) is 9.13. The van der Waals surface area contributed by atoms with Crippen LogP contribution in [0.5, 0.6) is 11.5 Å². The molecule has 0 aliphatic carbocycles. The molecule has 0 saturated carbocycles. The monoisotopic (exact) mass is 366 g/mol. The van der Waals surface area contributed by atoms with Gasteiger partial charge < -0.3 is 14.6 Å². The van der Waals surface area contributed by atoms with E-state index in [4.69, 9.17) is 14.6 Å². The zero-order valence-corrected chi connectivity index (χ0v) is 12.6. The van der Waals surface area contributed by atoms with Crippen molar-refractivity contribution in [2.45, 2.75) is 13.8 Å². The number of halogens is 2. The van der Waals surface area contributed by atoms with Gasteiger partial charge in [0.05, 0.1) is 17.7 Å². The van der Waals surface area contributed by atoms with Crippen molar-refractivity contribution in [1.29, 1.82) is 0 Å². The number of hydrogen-bond acceptors (Lipinski definition) is 3. The summed E-state index contributed by atoms with van der Waals surface area (Å²) < 4.78 is 12.0. The molecule has 0 unspecified atom stereocenters. The predicted octanol–water partition coefficient (Wildman–Crippen LogP) is 3.71. The Morgan fingerprint density at radius 2 is 1.76 bits per heavy atom. The average Bonchev–Trinajstić information content (AvgIpc) is 2.28. The lowest BCUT2D eigenvalue weighted by atomic mass is 10.2. The van der Waals surface area contributed by atoms with Gasteiger partial charge in [-0.05, 0) is 51.8 Å². The van der Waals surface area contributed by atoms with Gasteiger partial charge in [-0.1, -0.05) is 0 Å². The summed E-state index contributed by atoms with van der Waals surface area (Å²) in [6.45, 7) is 4.41. The summed E-state index contributed by atoms with van der Waals surface area (Å²) >= 11 is 6.62. The van der Waals surface area contributed by atoms with Crippen molar-refractivity contribution in [3.05, 3.63) is 20.6 Å². The zero-order valence-electron chi connectivity index (χ0n) is 9.42. The van der Waals surface area contributed by atoms with E-state index in [1.165, 1.54) is 6.07 Å². The van der Waals surface area contributed by atoms with Crippen LogP contribution in [0.25, 0.3) is 0 Å². The maximum atomic E-state index is 11.1. The molecule has 1 rings (SSSR count). The molecule has 0 radical (unpaired) electrons. The molecule has 0 atom stereocenters. The molecular weight excluding hydrogens is 356 g/mol. The van der Waals surface area contributed by atoms with Gasteiger partial charge >= 0.3 is 5.97 Å². The molecule has 0 saturated heterocycles. The van der Waals surface area contributed by atoms with Gasteiger partial charge in [0, 0.05) is 4.47 Å². The van der Waals surface area contributed by atoms with E-state index in [0.717, 1.165) is 0 Å². The fourth-order valence-electron chi connectivity index (χ4n) is 1.31. The van der Waals surface area contributed by atoms with E-state index in [0.29, 0.717) is 27.9 Å². The lowest BCUT2D eigenvalue weighted by molar-refractivity contribution is 0.0691. The number of aromatic carboxylic acids is 1. The third-order valence-corrected chi connectivity index (χ3v) is 3.88. The molecule has 6 heteroatoms. The Morgan fingerprint density at radius 3 is 2.24 bits per heavy atom. The SMILES string of the molecule is CCOc1c(C(=O)O)cc(Br)c(Br)c1OCC. The topological polar surface area (TPSA) is 55.8 Å². The first-order chi connectivity index (χ1) is 8.02. The molecule has 0 fully saturated rings. The van der Waals surface area contributed by atoms with Crippen LogP contribution in [0.3, 0.4) is 0 Å². The van der Waals surface area contributed by atoms with Gasteiger partial charge in [-0.2, -0.15) is 0 Å². The summed E-state index contributed by atoms with van der Waals surface area (Å²) in [6, 6.07) is 1.49. The number of carboxylic acids is 1. The molecule has 17 heavy (non-hydrogen) atoms. The Bertz CT molecular complexity index is 432. The fraction of sp³-hybridized carbons (Fsp3) is 0.364. The molecule has 0 spiro atoms. The molecule has 1 aromatic rings. The van der Waals surface area contributed by atoms with Crippen LogP contribution in [0, 0.1) is 0 Å². The van der Waals surface area contributed by atoms with E-state index < -0.39 is 5.97 Å². The average molecular weight is 368 g/mol. The number of rotatable bonds is 5. The third-order valence-electron chi connectivity index (χ3n) is 1.94. The van der Waals surface area contributed by atoms with Gasteiger partial charge in [-0.3, -0.25) is 0 Å². The van der Waals surface area contributed by atoms with E-state index in [-0.39, 0.29) is 11.3 Å². The largest absolute Gasteiger partial charge is 0.489 e. The van der Waals surface area contributed by atoms with Crippen molar-refractivity contribution >= 4 is 37.8 Å². The highest BCUT2D eigenvalue weighted by Crippen LogP contribution is 2.43. The first-order valence-corrected chi connectivity index (χ1v) is 6.62. The van der Waals surface area contributed by atoms with Crippen LogP contribution < -0.4 is 9.47 Å². The molecule has 0 aliphatic heterocycles. The molecule has 4 nitrogen and oxygen atoms in total. The van der Waals surface area contributed by atoms with Gasteiger partial charge in [0.2, 0.25) is 0 Å². The highest BCUT2D eigenvalue weighted by Gasteiger charge is 2.22. The van der Waals surface area contributed by atoms with Crippen LogP contribution in [-0.4, -0.2) is 24.3 Å². The molecule has 0 bridgehead atoms. The highest BCUT2D eigenvalue weighted by atomic mass is 79.9. The Hall–Kier alpha value is -0.750. The molecule has 0 aliphatic rings. The normalized spacial score (nSPS) is 10.1. The molecular formula is C11H12Br2O4. The summed E-state index contributed by atoms with van der Waals surface area (Å²) in [7, 11) is 0. The summed E-state index contributed by atoms with van der Waals surface area (Å²) in [4.78, 5) is 11.1. The number of benzene rings is 1. The maximum Gasteiger partial charge on any atom is 0.339 e. The first kappa shape index (κ1) is 14.3. The minimum absolute atomic E-state index is 0.0744. The third kappa shape index (κ3) is 3.13. The van der Waals surface area contributed by atoms with Gasteiger partial charge in [0.15, 0.2) is 11.5 Å². The van der Waals surface area contributed by atoms with Gasteiger partial charge in [-0.25, -0.2) is 4.79 Å². The maximum absolute atomic E-state index is 11.1. The second kappa shape index (κ2) is 6.26. The Balaban J connectivity index is 3.45. The molecule has 1 aromatic carbocycles. The summed E-state index contributed by atoms with van der Waals surface area (Å²) in [6.07, 6.45) is 0. The first-order valence-electron chi connectivity index (χ1n) is 5.03. The molecule has 1 N–H and O–H groups in total. The smallest absolute Gasteiger partial charge is 0.339 e. The van der Waals surface area contributed by atoms with Crippen LogP contribution >= 0.6 is 31.9 Å². The van der Waals surface area contributed by atoms with Crippen molar-refractivity contribution in [1.82, 2.24) is 0 Å². The Morgan fingerprint density at radius 1 is 1.24 bits per heavy atom. The molecule has 0 aromatic heterocycles. The minimum Gasteiger partial charge on any atom is -0.489 e. The Labute approximate surface area is 116 Å². The lowest BCUT2D eigenvalue weighted by Gasteiger charge is -2.15. The van der Waals surface area contributed by atoms with E-state index in [1.807, 2.05) is 6.92 Å². The number of carbonyl (C=O) groups is 1. The quantitative estimate of drug-likeness (QED) is 0.861. The zero-order chi connectivity index (χ0) is 13.0. The van der Waals surface area contributed by atoms with Crippen molar-refractivity contribution in [3.63, 3.8) is 0 Å². The second-order valence-corrected chi connectivity index (χ2v) is 4.70. The molecule has 0 amide bonds. The van der Waals surface area contributed by atoms with Gasteiger partial charge in [0.1, 0.15) is 5.56 Å². The minimum atomic E-state index is -1.05. The summed E-state index contributed by atoms with van der Waals surface area (Å²) in [5.41, 5.74) is 0.0744. The van der Waals surface area contributed by atoms with E-state index >= 15 is 0 Å². The van der Waals surface area contributed by atoms with Crippen molar-refractivity contribution < 1.29 is 19.4 Å². The highest BCUT2D eigenvalue weighted by molar-refractivity contribution is 9.13. The molecule has 0 heterocycles. The van der Waals surface area contributed by atoms with E-state index in [1.54, 1.807) is 6.92 Å². The number of hydrogen-bond donors (Lipinski definition) is 1. The Kier molecular flexibility index (Phi) is 5.27. The number of carboxylic acid groups (broad SMARTS) is 1. The predicted molar refractivity (Wildman–Crippen MR) is 71.1 cm³/mol. The van der Waals surface area contributed by atoms with Crippen LogP contribution in [0.4, 0.5) is 0 Å². The van der Waals surface area contributed by atoms with Crippen LogP contribution in [0.1, 0.15) is 24.2 Å². The van der Waals surface area contributed by atoms with E-state index in [9.17, 15) is 4.79 Å². The van der Waals surface area contributed by atoms with Gasteiger partial charge in [0.25, 0.3) is 0 Å². The van der Waals surface area contributed by atoms with Crippen molar-refractivity contribution in [2.75, 3.05) is 13.2 Å². The van der Waals surface area contributed by atoms with Crippen molar-refractivity contribution in [2.24, 2.45) is 0 Å². The van der Waals surface area contributed by atoms with E-state index in [2.05, 4.69) is 31.9 Å². The van der Waals surface area contributed by atoms with Crippen LogP contribution in [0.2, 0.25) is 0 Å².